The minimum Gasteiger partial charge on any atom is -0.398 e. The monoisotopic (exact) mass is 301 g/mol. The Hall–Kier alpha value is -2.33. The van der Waals surface area contributed by atoms with E-state index in [1.54, 1.807) is 23.0 Å². The lowest BCUT2D eigenvalue weighted by atomic mass is 10.1. The highest BCUT2D eigenvalue weighted by Gasteiger charge is 2.06. The van der Waals surface area contributed by atoms with Gasteiger partial charge in [-0.3, -0.25) is 4.68 Å². The van der Waals surface area contributed by atoms with Crippen molar-refractivity contribution in [1.29, 1.82) is 0 Å². The molecule has 0 unspecified atom stereocenters. The SMILES string of the molecule is Nc1ccccc1-c1cnn(Cc2ccc(F)c(Cl)c2)c1. The second-order valence-electron chi connectivity index (χ2n) is 4.76. The Morgan fingerprint density at radius 3 is 2.76 bits per heavy atom. The summed E-state index contributed by atoms with van der Waals surface area (Å²) >= 11 is 5.78. The van der Waals surface area contributed by atoms with Crippen LogP contribution < -0.4 is 5.73 Å². The van der Waals surface area contributed by atoms with Crippen LogP contribution in [-0.4, -0.2) is 9.78 Å². The lowest BCUT2D eigenvalue weighted by Gasteiger charge is -2.04. The molecular formula is C16H13ClFN3. The van der Waals surface area contributed by atoms with E-state index in [0.29, 0.717) is 12.2 Å². The molecular weight excluding hydrogens is 289 g/mol. The fourth-order valence-electron chi connectivity index (χ4n) is 2.17. The first-order valence-electron chi connectivity index (χ1n) is 6.45. The highest BCUT2D eigenvalue weighted by molar-refractivity contribution is 6.30. The molecule has 1 aromatic heterocycles. The van der Waals surface area contributed by atoms with Gasteiger partial charge < -0.3 is 5.73 Å². The summed E-state index contributed by atoms with van der Waals surface area (Å²) in [6.45, 7) is 0.521. The standard InChI is InChI=1S/C16H13ClFN3/c17-14-7-11(5-6-15(14)18)9-21-10-12(8-20-21)13-3-1-2-4-16(13)19/h1-8,10H,9,19H2. The Morgan fingerprint density at radius 2 is 2.00 bits per heavy atom. The number of nitrogens with two attached hydrogens (primary N) is 1. The molecule has 0 radical (unpaired) electrons. The Balaban J connectivity index is 1.85. The lowest BCUT2D eigenvalue weighted by Crippen LogP contribution is -2.00. The molecule has 2 aromatic carbocycles. The van der Waals surface area contributed by atoms with Crippen LogP contribution >= 0.6 is 11.6 Å². The van der Waals surface area contributed by atoms with E-state index in [1.165, 1.54) is 6.07 Å². The lowest BCUT2D eigenvalue weighted by molar-refractivity contribution is 0.625. The quantitative estimate of drug-likeness (QED) is 0.744. The molecule has 3 aromatic rings. The minimum absolute atomic E-state index is 0.118. The van der Waals surface area contributed by atoms with Crippen LogP contribution in [0.5, 0.6) is 0 Å². The van der Waals surface area contributed by atoms with E-state index in [-0.39, 0.29) is 5.02 Å². The zero-order valence-corrected chi connectivity index (χ0v) is 11.9. The van der Waals surface area contributed by atoms with Gasteiger partial charge in [-0.05, 0) is 23.8 Å². The fourth-order valence-corrected chi connectivity index (χ4v) is 2.38. The van der Waals surface area contributed by atoms with Crippen molar-refractivity contribution in [3.63, 3.8) is 0 Å². The molecule has 106 valence electrons. The van der Waals surface area contributed by atoms with Gasteiger partial charge in [0.05, 0.1) is 17.8 Å². The molecule has 0 fully saturated rings. The molecule has 0 aliphatic rings. The molecule has 0 aliphatic carbocycles. The summed E-state index contributed by atoms with van der Waals surface area (Å²) in [4.78, 5) is 0. The van der Waals surface area contributed by atoms with Crippen LogP contribution in [0.15, 0.2) is 54.9 Å². The average Bonchev–Trinajstić information content (AvgIpc) is 2.92. The Bertz CT molecular complexity index is 783. The van der Waals surface area contributed by atoms with Gasteiger partial charge in [-0.15, -0.1) is 0 Å². The van der Waals surface area contributed by atoms with Crippen LogP contribution in [0.3, 0.4) is 0 Å². The van der Waals surface area contributed by atoms with Gasteiger partial charge in [0.25, 0.3) is 0 Å². The van der Waals surface area contributed by atoms with Crippen molar-refractivity contribution in [2.75, 3.05) is 5.73 Å². The average molecular weight is 302 g/mol. The third-order valence-electron chi connectivity index (χ3n) is 3.23. The van der Waals surface area contributed by atoms with E-state index in [0.717, 1.165) is 16.7 Å². The number of halogens is 2. The predicted octanol–water partition coefficient (Wildman–Crippen LogP) is 3.97. The third kappa shape index (κ3) is 2.90. The van der Waals surface area contributed by atoms with Crippen molar-refractivity contribution >= 4 is 17.3 Å². The van der Waals surface area contributed by atoms with Crippen LogP contribution in [0.4, 0.5) is 10.1 Å². The zero-order chi connectivity index (χ0) is 14.8. The summed E-state index contributed by atoms with van der Waals surface area (Å²) < 4.78 is 14.9. The molecule has 1 heterocycles. The maximum Gasteiger partial charge on any atom is 0.141 e. The number of hydrogen-bond donors (Lipinski definition) is 1. The molecule has 0 amide bonds. The number of anilines is 1. The highest BCUT2D eigenvalue weighted by Crippen LogP contribution is 2.25. The Morgan fingerprint density at radius 1 is 1.19 bits per heavy atom. The van der Waals surface area contributed by atoms with Gasteiger partial charge in [-0.25, -0.2) is 4.39 Å². The fraction of sp³-hybridized carbons (Fsp3) is 0.0625. The Kier molecular flexibility index (Phi) is 3.62. The molecule has 3 nitrogen and oxygen atoms in total. The summed E-state index contributed by atoms with van der Waals surface area (Å²) in [7, 11) is 0. The van der Waals surface area contributed by atoms with Crippen LogP contribution in [0, 0.1) is 5.82 Å². The predicted molar refractivity (Wildman–Crippen MR) is 82.6 cm³/mol. The van der Waals surface area contributed by atoms with Crippen molar-refractivity contribution in [3.05, 3.63) is 71.3 Å². The Labute approximate surface area is 126 Å². The summed E-state index contributed by atoms with van der Waals surface area (Å²) in [5, 5.41) is 4.42. The van der Waals surface area contributed by atoms with Gasteiger partial charge in [0.15, 0.2) is 0 Å². The first-order chi connectivity index (χ1) is 10.1. The summed E-state index contributed by atoms with van der Waals surface area (Å²) in [6.07, 6.45) is 3.67. The van der Waals surface area contributed by atoms with Gasteiger partial charge in [-0.1, -0.05) is 35.9 Å². The molecule has 21 heavy (non-hydrogen) atoms. The van der Waals surface area contributed by atoms with Crippen molar-refractivity contribution in [1.82, 2.24) is 9.78 Å². The molecule has 0 bridgehead atoms. The smallest absolute Gasteiger partial charge is 0.141 e. The van der Waals surface area contributed by atoms with Crippen LogP contribution in [-0.2, 0) is 6.54 Å². The summed E-state index contributed by atoms with van der Waals surface area (Å²) in [6, 6.07) is 12.3. The number of aromatic nitrogens is 2. The summed E-state index contributed by atoms with van der Waals surface area (Å²) in [5.74, 6) is -0.418. The number of hydrogen-bond acceptors (Lipinski definition) is 2. The van der Waals surface area contributed by atoms with E-state index in [4.69, 9.17) is 17.3 Å². The van der Waals surface area contributed by atoms with Gasteiger partial charge in [-0.2, -0.15) is 5.10 Å². The van der Waals surface area contributed by atoms with Gasteiger partial charge in [0.2, 0.25) is 0 Å². The number of rotatable bonds is 3. The number of benzene rings is 2. The van der Waals surface area contributed by atoms with E-state index in [9.17, 15) is 4.39 Å². The molecule has 0 aliphatic heterocycles. The summed E-state index contributed by atoms with van der Waals surface area (Å²) in [5.41, 5.74) is 9.44. The first-order valence-corrected chi connectivity index (χ1v) is 6.82. The second-order valence-corrected chi connectivity index (χ2v) is 5.17. The topological polar surface area (TPSA) is 43.8 Å². The largest absolute Gasteiger partial charge is 0.398 e. The van der Waals surface area contributed by atoms with E-state index < -0.39 is 5.82 Å². The third-order valence-corrected chi connectivity index (χ3v) is 3.52. The molecule has 2 N–H and O–H groups in total. The molecule has 0 spiro atoms. The van der Waals surface area contributed by atoms with Gasteiger partial charge in [0.1, 0.15) is 5.82 Å². The number of nitrogen functional groups attached to an aromatic ring is 1. The zero-order valence-electron chi connectivity index (χ0n) is 11.1. The normalized spacial score (nSPS) is 10.8. The molecule has 5 heteroatoms. The molecule has 0 saturated carbocycles. The van der Waals surface area contributed by atoms with Crippen molar-refractivity contribution in [3.8, 4) is 11.1 Å². The minimum atomic E-state index is -0.418. The molecule has 0 saturated heterocycles. The van der Waals surface area contributed by atoms with Gasteiger partial charge in [0, 0.05) is 23.0 Å². The second kappa shape index (κ2) is 5.58. The van der Waals surface area contributed by atoms with E-state index in [1.807, 2.05) is 30.5 Å². The van der Waals surface area contributed by atoms with Crippen LogP contribution in [0.1, 0.15) is 5.56 Å². The van der Waals surface area contributed by atoms with Crippen molar-refractivity contribution in [2.45, 2.75) is 6.54 Å². The maximum atomic E-state index is 13.1. The van der Waals surface area contributed by atoms with E-state index in [2.05, 4.69) is 5.10 Å². The van der Waals surface area contributed by atoms with E-state index >= 15 is 0 Å². The van der Waals surface area contributed by atoms with Gasteiger partial charge >= 0.3 is 0 Å². The van der Waals surface area contributed by atoms with Crippen molar-refractivity contribution in [2.24, 2.45) is 0 Å². The van der Waals surface area contributed by atoms with Crippen LogP contribution in [0.25, 0.3) is 11.1 Å². The van der Waals surface area contributed by atoms with Crippen molar-refractivity contribution < 1.29 is 4.39 Å². The maximum absolute atomic E-state index is 13.1. The highest BCUT2D eigenvalue weighted by atomic mass is 35.5. The first kappa shape index (κ1) is 13.6. The number of para-hydroxylation sites is 1. The number of nitrogens with zero attached hydrogens (tertiary/aromatic N) is 2. The molecule has 3 rings (SSSR count). The molecule has 0 atom stereocenters. The van der Waals surface area contributed by atoms with Crippen LogP contribution in [0.2, 0.25) is 5.02 Å².